The molecule has 1 aliphatic rings. The summed E-state index contributed by atoms with van der Waals surface area (Å²) in [6, 6.07) is 7.93. The van der Waals surface area contributed by atoms with Crippen molar-refractivity contribution in [3.8, 4) is 0 Å². The molecule has 22 heavy (non-hydrogen) atoms. The van der Waals surface area contributed by atoms with Crippen LogP contribution < -0.4 is 0 Å². The Kier molecular flexibility index (Phi) is 6.00. The Hall–Kier alpha value is -1.36. The zero-order valence-corrected chi connectivity index (χ0v) is 14.6. The van der Waals surface area contributed by atoms with Crippen molar-refractivity contribution in [2.75, 3.05) is 6.61 Å². The van der Waals surface area contributed by atoms with E-state index in [-0.39, 0.29) is 37.0 Å². The Morgan fingerprint density at radius 1 is 1.18 bits per heavy atom. The molecule has 1 amide bonds. The third kappa shape index (κ3) is 4.57. The van der Waals surface area contributed by atoms with Gasteiger partial charge in [-0.2, -0.15) is 0 Å². The zero-order chi connectivity index (χ0) is 16.1. The molecular weight excluding hydrogens is 346 g/mol. The molecule has 5 heteroatoms. The predicted octanol–water partition coefficient (Wildman–Crippen LogP) is 3.32. The van der Waals surface area contributed by atoms with Crippen molar-refractivity contribution < 1.29 is 14.3 Å². The molecular formula is C17H22BrNO3. The van der Waals surface area contributed by atoms with Crippen LogP contribution in [0.5, 0.6) is 0 Å². The van der Waals surface area contributed by atoms with Crippen molar-refractivity contribution in [1.29, 1.82) is 0 Å². The molecule has 1 heterocycles. The summed E-state index contributed by atoms with van der Waals surface area (Å²) in [5, 5.41) is 0. The molecule has 1 aromatic carbocycles. The summed E-state index contributed by atoms with van der Waals surface area (Å²) in [6.45, 7) is 3.94. The van der Waals surface area contributed by atoms with E-state index in [1.807, 2.05) is 29.2 Å². The summed E-state index contributed by atoms with van der Waals surface area (Å²) in [4.78, 5) is 26.0. The highest BCUT2D eigenvalue weighted by Gasteiger charge is 2.29. The highest BCUT2D eigenvalue weighted by Crippen LogP contribution is 2.22. The minimum absolute atomic E-state index is 0.0937. The fourth-order valence-corrected chi connectivity index (χ4v) is 3.21. The van der Waals surface area contributed by atoms with Gasteiger partial charge in [-0.15, -0.1) is 0 Å². The first-order valence-corrected chi connectivity index (χ1v) is 8.48. The molecule has 1 aromatic rings. The molecule has 0 aliphatic carbocycles. The van der Waals surface area contributed by atoms with Gasteiger partial charge in [0.15, 0.2) is 6.61 Å². The number of benzene rings is 1. The van der Waals surface area contributed by atoms with E-state index in [4.69, 9.17) is 4.74 Å². The summed E-state index contributed by atoms with van der Waals surface area (Å²) < 4.78 is 6.11. The zero-order valence-electron chi connectivity index (χ0n) is 13.0. The quantitative estimate of drug-likeness (QED) is 0.766. The summed E-state index contributed by atoms with van der Waals surface area (Å²) in [7, 11) is 0. The van der Waals surface area contributed by atoms with Crippen molar-refractivity contribution in [3.63, 3.8) is 0 Å². The van der Waals surface area contributed by atoms with E-state index in [9.17, 15) is 9.59 Å². The van der Waals surface area contributed by atoms with Gasteiger partial charge >= 0.3 is 5.97 Å². The minimum atomic E-state index is -0.368. The van der Waals surface area contributed by atoms with Gasteiger partial charge in [0.2, 0.25) is 0 Å². The third-order valence-electron chi connectivity index (χ3n) is 4.10. The van der Waals surface area contributed by atoms with Crippen LogP contribution in [0, 0.1) is 0 Å². The highest BCUT2D eigenvalue weighted by molar-refractivity contribution is 9.10. The maximum absolute atomic E-state index is 12.3. The first-order valence-electron chi connectivity index (χ1n) is 7.68. The molecule has 2 atom stereocenters. The minimum Gasteiger partial charge on any atom is -0.455 e. The number of esters is 1. The molecule has 2 rings (SSSR count). The normalized spacial score (nSPS) is 21.5. The van der Waals surface area contributed by atoms with Crippen LogP contribution in [0.3, 0.4) is 0 Å². The van der Waals surface area contributed by atoms with Gasteiger partial charge in [-0.3, -0.25) is 9.59 Å². The molecule has 4 nitrogen and oxygen atoms in total. The van der Waals surface area contributed by atoms with Gasteiger partial charge < -0.3 is 9.64 Å². The number of likely N-dealkylation sites (tertiary alicyclic amines) is 1. The second-order valence-corrected chi connectivity index (χ2v) is 6.81. The number of carbonyl (C=O) groups excluding carboxylic acids is 2. The van der Waals surface area contributed by atoms with E-state index in [1.165, 1.54) is 0 Å². The Morgan fingerprint density at radius 3 is 2.36 bits per heavy atom. The number of piperidine rings is 1. The van der Waals surface area contributed by atoms with E-state index < -0.39 is 0 Å². The number of halogens is 1. The van der Waals surface area contributed by atoms with E-state index >= 15 is 0 Å². The summed E-state index contributed by atoms with van der Waals surface area (Å²) >= 11 is 3.35. The fraction of sp³-hybridized carbons (Fsp3) is 0.529. The topological polar surface area (TPSA) is 46.6 Å². The lowest BCUT2D eigenvalue weighted by Crippen LogP contribution is -2.49. The third-order valence-corrected chi connectivity index (χ3v) is 4.63. The van der Waals surface area contributed by atoms with Gasteiger partial charge in [-0.05, 0) is 50.8 Å². The molecule has 0 saturated carbocycles. The van der Waals surface area contributed by atoms with Crippen molar-refractivity contribution in [2.45, 2.75) is 51.6 Å². The average Bonchev–Trinajstić information content (AvgIpc) is 2.47. The van der Waals surface area contributed by atoms with Gasteiger partial charge in [0.25, 0.3) is 5.91 Å². The smallest absolute Gasteiger partial charge is 0.310 e. The summed E-state index contributed by atoms with van der Waals surface area (Å²) in [5.41, 5.74) is 0.875. The van der Waals surface area contributed by atoms with Crippen LogP contribution in [0.4, 0.5) is 0 Å². The molecule has 0 spiro atoms. The van der Waals surface area contributed by atoms with Gasteiger partial charge in [-0.25, -0.2) is 0 Å². The van der Waals surface area contributed by atoms with E-state index in [0.29, 0.717) is 0 Å². The first-order chi connectivity index (χ1) is 10.5. The monoisotopic (exact) mass is 367 g/mol. The Labute approximate surface area is 140 Å². The molecule has 1 saturated heterocycles. The van der Waals surface area contributed by atoms with Crippen molar-refractivity contribution >= 4 is 27.8 Å². The maximum atomic E-state index is 12.3. The van der Waals surface area contributed by atoms with Crippen LogP contribution in [0.2, 0.25) is 0 Å². The fourth-order valence-electron chi connectivity index (χ4n) is 2.95. The van der Waals surface area contributed by atoms with E-state index in [2.05, 4.69) is 29.8 Å². The number of ether oxygens (including phenoxy) is 1. The van der Waals surface area contributed by atoms with Crippen molar-refractivity contribution in [2.24, 2.45) is 0 Å². The molecule has 0 radical (unpaired) electrons. The van der Waals surface area contributed by atoms with Gasteiger partial charge in [0.1, 0.15) is 0 Å². The molecule has 0 aromatic heterocycles. The van der Waals surface area contributed by atoms with E-state index in [0.717, 1.165) is 29.3 Å². The SMILES string of the molecule is C[C@H]1CCC[C@H](C)N1C(=O)COC(=O)Cc1ccc(Br)cc1. The molecule has 0 unspecified atom stereocenters. The van der Waals surface area contributed by atoms with Gasteiger partial charge in [-0.1, -0.05) is 28.1 Å². The standard InChI is InChI=1S/C17H22BrNO3/c1-12-4-3-5-13(2)19(12)16(20)11-22-17(21)10-14-6-8-15(18)9-7-14/h6-9,12-13H,3-5,10-11H2,1-2H3/t12-,13-/m0/s1. The van der Waals surface area contributed by atoms with Gasteiger partial charge in [0, 0.05) is 16.6 Å². The summed E-state index contributed by atoms with van der Waals surface area (Å²) in [6.07, 6.45) is 3.37. The van der Waals surface area contributed by atoms with Crippen LogP contribution in [0.15, 0.2) is 28.7 Å². The number of hydrogen-bond donors (Lipinski definition) is 0. The molecule has 0 N–H and O–H groups in total. The Balaban J connectivity index is 1.82. The molecule has 1 fully saturated rings. The highest BCUT2D eigenvalue weighted by atomic mass is 79.9. The number of nitrogens with zero attached hydrogens (tertiary/aromatic N) is 1. The summed E-state index contributed by atoms with van der Waals surface area (Å²) in [5.74, 6) is -0.461. The number of carbonyl (C=O) groups is 2. The van der Waals surface area contributed by atoms with Crippen LogP contribution in [0.1, 0.15) is 38.7 Å². The van der Waals surface area contributed by atoms with Crippen LogP contribution >= 0.6 is 15.9 Å². The van der Waals surface area contributed by atoms with E-state index in [1.54, 1.807) is 0 Å². The lowest BCUT2D eigenvalue weighted by atomic mass is 9.97. The van der Waals surface area contributed by atoms with Gasteiger partial charge in [0.05, 0.1) is 6.42 Å². The Bertz CT molecular complexity index is 519. The second-order valence-electron chi connectivity index (χ2n) is 5.89. The second kappa shape index (κ2) is 7.77. The molecule has 120 valence electrons. The van der Waals surface area contributed by atoms with Crippen molar-refractivity contribution in [3.05, 3.63) is 34.3 Å². The maximum Gasteiger partial charge on any atom is 0.310 e. The molecule has 1 aliphatic heterocycles. The number of hydrogen-bond acceptors (Lipinski definition) is 3. The first kappa shape index (κ1) is 17.0. The van der Waals surface area contributed by atoms with Crippen LogP contribution in [-0.4, -0.2) is 35.5 Å². The lowest BCUT2D eigenvalue weighted by Gasteiger charge is -2.38. The predicted molar refractivity (Wildman–Crippen MR) is 88.4 cm³/mol. The number of amides is 1. The number of rotatable bonds is 4. The largest absolute Gasteiger partial charge is 0.455 e. The van der Waals surface area contributed by atoms with Crippen LogP contribution in [0.25, 0.3) is 0 Å². The Morgan fingerprint density at radius 2 is 1.77 bits per heavy atom. The van der Waals surface area contributed by atoms with Crippen molar-refractivity contribution in [1.82, 2.24) is 4.90 Å². The molecule has 0 bridgehead atoms. The van der Waals surface area contributed by atoms with Crippen LogP contribution in [-0.2, 0) is 20.7 Å². The lowest BCUT2D eigenvalue weighted by molar-refractivity contribution is -0.154. The average molecular weight is 368 g/mol.